The lowest BCUT2D eigenvalue weighted by atomic mass is 9.89. The predicted molar refractivity (Wildman–Crippen MR) is 84.6 cm³/mol. The molecule has 1 aromatic carbocycles. The summed E-state index contributed by atoms with van der Waals surface area (Å²) >= 11 is 0. The fourth-order valence-corrected chi connectivity index (χ4v) is 2.82. The highest BCUT2D eigenvalue weighted by molar-refractivity contribution is 5.78. The van der Waals surface area contributed by atoms with Gasteiger partial charge in [0.1, 0.15) is 6.61 Å². The fraction of sp³-hybridized carbons (Fsp3) is 0.588. The second kappa shape index (κ2) is 8.51. The summed E-state index contributed by atoms with van der Waals surface area (Å²) in [6.45, 7) is 0.900. The van der Waals surface area contributed by atoms with E-state index in [4.69, 9.17) is 14.2 Å². The molecule has 22 heavy (non-hydrogen) atoms. The average molecular weight is 307 g/mol. The van der Waals surface area contributed by atoms with Crippen LogP contribution in [0.2, 0.25) is 0 Å². The molecule has 2 rings (SSSR count). The Morgan fingerprint density at radius 2 is 1.86 bits per heavy atom. The van der Waals surface area contributed by atoms with E-state index in [1.54, 1.807) is 14.2 Å². The largest absolute Gasteiger partial charge is 0.493 e. The molecular formula is C17H25NO4. The van der Waals surface area contributed by atoms with Gasteiger partial charge in [-0.1, -0.05) is 25.3 Å². The van der Waals surface area contributed by atoms with Gasteiger partial charge in [0.05, 0.1) is 20.8 Å². The van der Waals surface area contributed by atoms with E-state index in [1.807, 2.05) is 18.2 Å². The van der Waals surface area contributed by atoms with Gasteiger partial charge in [-0.25, -0.2) is 0 Å². The van der Waals surface area contributed by atoms with E-state index < -0.39 is 0 Å². The van der Waals surface area contributed by atoms with Gasteiger partial charge in [0.25, 0.3) is 0 Å². The topological polar surface area (TPSA) is 56.8 Å². The van der Waals surface area contributed by atoms with Gasteiger partial charge in [0.15, 0.2) is 11.5 Å². The zero-order valence-corrected chi connectivity index (χ0v) is 13.4. The summed E-state index contributed by atoms with van der Waals surface area (Å²) in [6.07, 6.45) is 5.60. The van der Waals surface area contributed by atoms with Gasteiger partial charge in [0, 0.05) is 5.92 Å². The molecule has 122 valence electrons. The average Bonchev–Trinajstić information content (AvgIpc) is 2.58. The molecule has 0 saturated heterocycles. The Bertz CT molecular complexity index is 484. The molecule has 1 fully saturated rings. The Kier molecular flexibility index (Phi) is 6.37. The van der Waals surface area contributed by atoms with Crippen molar-refractivity contribution in [1.82, 2.24) is 5.32 Å². The van der Waals surface area contributed by atoms with E-state index in [9.17, 15) is 4.79 Å². The number of carbonyl (C=O) groups excluding carboxylic acids is 1. The highest BCUT2D eigenvalue weighted by atomic mass is 16.5. The first-order chi connectivity index (χ1) is 10.8. The zero-order chi connectivity index (χ0) is 15.8. The van der Waals surface area contributed by atoms with Crippen LogP contribution in [-0.4, -0.2) is 33.3 Å². The Labute approximate surface area is 131 Å². The van der Waals surface area contributed by atoms with Gasteiger partial charge in [-0.15, -0.1) is 0 Å². The Morgan fingerprint density at radius 3 is 2.55 bits per heavy atom. The second-order valence-electron chi connectivity index (χ2n) is 5.47. The third-order valence-electron chi connectivity index (χ3n) is 4.00. The van der Waals surface area contributed by atoms with Crippen molar-refractivity contribution in [3.63, 3.8) is 0 Å². The van der Waals surface area contributed by atoms with Crippen molar-refractivity contribution in [2.75, 3.05) is 27.4 Å². The molecule has 1 amide bonds. The van der Waals surface area contributed by atoms with Crippen molar-refractivity contribution < 1.29 is 19.0 Å². The number of nitrogens with one attached hydrogen (secondary N) is 1. The molecule has 0 radical (unpaired) electrons. The van der Waals surface area contributed by atoms with Crippen LogP contribution in [0, 0.1) is 5.92 Å². The molecule has 1 aliphatic carbocycles. The Hall–Kier alpha value is -1.91. The maximum atomic E-state index is 12.0. The van der Waals surface area contributed by atoms with E-state index >= 15 is 0 Å². The molecule has 0 bridgehead atoms. The van der Waals surface area contributed by atoms with Crippen molar-refractivity contribution >= 4 is 5.91 Å². The number of hydrogen-bond acceptors (Lipinski definition) is 4. The van der Waals surface area contributed by atoms with Crippen LogP contribution in [0.25, 0.3) is 0 Å². The summed E-state index contributed by atoms with van der Waals surface area (Å²) < 4.78 is 16.2. The molecule has 0 spiro atoms. The van der Waals surface area contributed by atoms with E-state index in [0.717, 1.165) is 25.7 Å². The summed E-state index contributed by atoms with van der Waals surface area (Å²) in [4.78, 5) is 12.0. The fourth-order valence-electron chi connectivity index (χ4n) is 2.82. The molecule has 0 atom stereocenters. The van der Waals surface area contributed by atoms with Crippen molar-refractivity contribution in [3.05, 3.63) is 18.2 Å². The van der Waals surface area contributed by atoms with Crippen molar-refractivity contribution in [2.45, 2.75) is 32.1 Å². The highest BCUT2D eigenvalue weighted by Crippen LogP contribution is 2.36. The van der Waals surface area contributed by atoms with Crippen LogP contribution in [0.15, 0.2) is 18.2 Å². The minimum absolute atomic E-state index is 0.154. The number of benzene rings is 1. The summed E-state index contributed by atoms with van der Waals surface area (Å²) in [5.41, 5.74) is 0. The lowest BCUT2D eigenvalue weighted by molar-refractivity contribution is -0.126. The maximum absolute atomic E-state index is 12.0. The molecule has 5 nitrogen and oxygen atoms in total. The minimum Gasteiger partial charge on any atom is -0.493 e. The Morgan fingerprint density at radius 1 is 1.14 bits per heavy atom. The van der Waals surface area contributed by atoms with E-state index in [2.05, 4.69) is 5.32 Å². The lowest BCUT2D eigenvalue weighted by Crippen LogP contribution is -2.34. The normalized spacial score (nSPS) is 15.2. The lowest BCUT2D eigenvalue weighted by Gasteiger charge is -2.20. The molecule has 1 aromatic rings. The number of ether oxygens (including phenoxy) is 3. The quantitative estimate of drug-likeness (QED) is 0.787. The van der Waals surface area contributed by atoms with Crippen molar-refractivity contribution in [1.29, 1.82) is 0 Å². The van der Waals surface area contributed by atoms with Gasteiger partial charge >= 0.3 is 0 Å². The van der Waals surface area contributed by atoms with Crippen molar-refractivity contribution in [2.24, 2.45) is 5.92 Å². The van der Waals surface area contributed by atoms with E-state index in [1.165, 1.54) is 6.42 Å². The van der Waals surface area contributed by atoms with Gasteiger partial charge in [-0.3, -0.25) is 4.79 Å². The number of rotatable bonds is 7. The third-order valence-corrected chi connectivity index (χ3v) is 4.00. The SMILES string of the molecule is COc1cccc(OCCNC(=O)C2CCCCC2)c1OC. The number of hydrogen-bond donors (Lipinski definition) is 1. The van der Waals surface area contributed by atoms with Gasteiger partial charge in [0.2, 0.25) is 11.7 Å². The summed E-state index contributed by atoms with van der Waals surface area (Å²) in [5.74, 6) is 2.16. The Balaban J connectivity index is 1.78. The zero-order valence-electron chi connectivity index (χ0n) is 13.4. The molecule has 0 heterocycles. The molecule has 1 aliphatic rings. The minimum atomic E-state index is 0.154. The molecule has 0 aliphatic heterocycles. The summed E-state index contributed by atoms with van der Waals surface area (Å²) in [5, 5.41) is 2.95. The van der Waals surface area contributed by atoms with Crippen LogP contribution < -0.4 is 19.5 Å². The van der Waals surface area contributed by atoms with Crippen LogP contribution in [0.3, 0.4) is 0 Å². The van der Waals surface area contributed by atoms with Gasteiger partial charge < -0.3 is 19.5 Å². The smallest absolute Gasteiger partial charge is 0.223 e. The third kappa shape index (κ3) is 4.29. The van der Waals surface area contributed by atoms with E-state index in [0.29, 0.717) is 30.4 Å². The molecular weight excluding hydrogens is 282 g/mol. The van der Waals surface area contributed by atoms with Crippen LogP contribution in [0.5, 0.6) is 17.2 Å². The van der Waals surface area contributed by atoms with Crippen LogP contribution >= 0.6 is 0 Å². The molecule has 5 heteroatoms. The first-order valence-electron chi connectivity index (χ1n) is 7.87. The highest BCUT2D eigenvalue weighted by Gasteiger charge is 2.20. The monoisotopic (exact) mass is 307 g/mol. The number of amides is 1. The van der Waals surface area contributed by atoms with Gasteiger partial charge in [-0.05, 0) is 25.0 Å². The second-order valence-corrected chi connectivity index (χ2v) is 5.47. The number of carbonyl (C=O) groups is 1. The van der Waals surface area contributed by atoms with Crippen LogP contribution in [0.4, 0.5) is 0 Å². The van der Waals surface area contributed by atoms with Crippen LogP contribution in [0.1, 0.15) is 32.1 Å². The standard InChI is InChI=1S/C17H25NO4/c1-20-14-9-6-10-15(16(14)21-2)22-12-11-18-17(19)13-7-4-3-5-8-13/h6,9-10,13H,3-5,7-8,11-12H2,1-2H3,(H,18,19). The molecule has 0 aromatic heterocycles. The molecule has 0 unspecified atom stereocenters. The van der Waals surface area contributed by atoms with Crippen LogP contribution in [-0.2, 0) is 4.79 Å². The predicted octanol–water partition coefficient (Wildman–Crippen LogP) is 2.78. The molecule has 1 N–H and O–H groups in total. The number of methoxy groups -OCH3 is 2. The first-order valence-corrected chi connectivity index (χ1v) is 7.87. The first kappa shape index (κ1) is 16.5. The van der Waals surface area contributed by atoms with Gasteiger partial charge in [-0.2, -0.15) is 0 Å². The maximum Gasteiger partial charge on any atom is 0.223 e. The van der Waals surface area contributed by atoms with E-state index in [-0.39, 0.29) is 11.8 Å². The summed E-state index contributed by atoms with van der Waals surface area (Å²) in [7, 11) is 3.17. The van der Waals surface area contributed by atoms with Crippen molar-refractivity contribution in [3.8, 4) is 17.2 Å². The summed E-state index contributed by atoms with van der Waals surface area (Å²) in [6, 6.07) is 5.48. The molecule has 1 saturated carbocycles. The number of para-hydroxylation sites is 1.